The van der Waals surface area contributed by atoms with E-state index in [1.807, 2.05) is 0 Å². The average molecular weight is 435 g/mol. The van der Waals surface area contributed by atoms with Crippen LogP contribution in [0.1, 0.15) is 9.75 Å². The van der Waals surface area contributed by atoms with E-state index in [1.54, 1.807) is 22.7 Å². The molecule has 0 N–H and O–H groups in total. The van der Waals surface area contributed by atoms with Gasteiger partial charge in [-0.2, -0.15) is 0 Å². The summed E-state index contributed by atoms with van der Waals surface area (Å²) >= 11 is 3.47. The highest BCUT2D eigenvalue weighted by molar-refractivity contribution is 7.11. The minimum atomic E-state index is -1.37. The molecule has 28 heavy (non-hydrogen) atoms. The SMILES string of the molecule is C[Si](C)(C)C#Cc1sccc1-c1ccc(-c2ccsc2C#C[Si](C)(C)C)cc1. The third-order valence-electron chi connectivity index (χ3n) is 3.94. The van der Waals surface area contributed by atoms with E-state index in [9.17, 15) is 0 Å². The van der Waals surface area contributed by atoms with E-state index in [1.165, 1.54) is 32.0 Å². The summed E-state index contributed by atoms with van der Waals surface area (Å²) in [6.45, 7) is 13.7. The molecule has 0 atom stereocenters. The Labute approximate surface area is 179 Å². The molecule has 0 aliphatic rings. The summed E-state index contributed by atoms with van der Waals surface area (Å²) in [5.74, 6) is 6.86. The fourth-order valence-corrected chi connectivity index (χ4v) is 5.29. The largest absolute Gasteiger partial charge is 0.135 e. The van der Waals surface area contributed by atoms with Gasteiger partial charge in [0.2, 0.25) is 0 Å². The van der Waals surface area contributed by atoms with Gasteiger partial charge in [-0.1, -0.05) is 75.4 Å². The lowest BCUT2D eigenvalue weighted by Gasteiger charge is -2.06. The molecule has 0 unspecified atom stereocenters. The van der Waals surface area contributed by atoms with Crippen molar-refractivity contribution in [2.24, 2.45) is 0 Å². The average Bonchev–Trinajstić information content (AvgIpc) is 3.26. The molecule has 4 heteroatoms. The maximum absolute atomic E-state index is 3.49. The summed E-state index contributed by atoms with van der Waals surface area (Å²) in [5.41, 5.74) is 11.9. The molecule has 3 aromatic rings. The minimum Gasteiger partial charge on any atom is -0.135 e. The number of hydrogen-bond acceptors (Lipinski definition) is 2. The van der Waals surface area contributed by atoms with Crippen molar-refractivity contribution >= 4 is 38.8 Å². The third-order valence-corrected chi connectivity index (χ3v) is 7.35. The highest BCUT2D eigenvalue weighted by Gasteiger charge is 2.12. The Morgan fingerprint density at radius 3 is 1.25 bits per heavy atom. The van der Waals surface area contributed by atoms with E-state index in [2.05, 4.69) is 109 Å². The normalized spacial score (nSPS) is 11.4. The highest BCUT2D eigenvalue weighted by Crippen LogP contribution is 2.32. The summed E-state index contributed by atoms with van der Waals surface area (Å²) in [5, 5.41) is 4.28. The van der Waals surface area contributed by atoms with Crippen LogP contribution in [0.2, 0.25) is 39.3 Å². The van der Waals surface area contributed by atoms with E-state index in [0.29, 0.717) is 0 Å². The predicted octanol–water partition coefficient (Wildman–Crippen LogP) is 7.60. The monoisotopic (exact) mass is 434 g/mol. The van der Waals surface area contributed by atoms with E-state index >= 15 is 0 Å². The quantitative estimate of drug-likeness (QED) is 0.288. The van der Waals surface area contributed by atoms with E-state index < -0.39 is 16.1 Å². The van der Waals surface area contributed by atoms with Gasteiger partial charge in [0.1, 0.15) is 16.1 Å². The molecule has 0 saturated heterocycles. The number of hydrogen-bond donors (Lipinski definition) is 0. The first-order valence-corrected chi connectivity index (χ1v) is 18.2. The van der Waals surface area contributed by atoms with Crippen molar-refractivity contribution in [2.45, 2.75) is 39.3 Å². The van der Waals surface area contributed by atoms with Gasteiger partial charge in [0, 0.05) is 11.1 Å². The topological polar surface area (TPSA) is 0 Å². The van der Waals surface area contributed by atoms with Crippen molar-refractivity contribution in [3.05, 3.63) is 56.9 Å². The fraction of sp³-hybridized carbons (Fsp3) is 0.250. The Bertz CT molecular complexity index is 991. The van der Waals surface area contributed by atoms with Crippen LogP contribution in [0, 0.1) is 22.9 Å². The zero-order valence-corrected chi connectivity index (χ0v) is 21.1. The van der Waals surface area contributed by atoms with Crippen LogP contribution >= 0.6 is 22.7 Å². The lowest BCUT2D eigenvalue weighted by molar-refractivity contribution is 1.64. The van der Waals surface area contributed by atoms with E-state index in [4.69, 9.17) is 0 Å². The Morgan fingerprint density at radius 1 is 0.571 bits per heavy atom. The van der Waals surface area contributed by atoms with E-state index in [-0.39, 0.29) is 0 Å². The van der Waals surface area contributed by atoms with Gasteiger partial charge in [0.15, 0.2) is 0 Å². The lowest BCUT2D eigenvalue weighted by atomic mass is 10.0. The number of rotatable bonds is 2. The molecule has 2 heterocycles. The van der Waals surface area contributed by atoms with Crippen LogP contribution in [0.5, 0.6) is 0 Å². The van der Waals surface area contributed by atoms with Gasteiger partial charge in [-0.3, -0.25) is 0 Å². The summed E-state index contributed by atoms with van der Waals surface area (Å²) in [6, 6.07) is 13.2. The van der Waals surface area contributed by atoms with Crippen molar-refractivity contribution < 1.29 is 0 Å². The number of thiophene rings is 2. The second-order valence-corrected chi connectivity index (χ2v) is 20.2. The van der Waals surface area contributed by atoms with Crippen LogP contribution < -0.4 is 0 Å². The van der Waals surface area contributed by atoms with Gasteiger partial charge in [-0.25, -0.2) is 0 Å². The van der Waals surface area contributed by atoms with Crippen LogP contribution in [-0.4, -0.2) is 16.1 Å². The van der Waals surface area contributed by atoms with Crippen molar-refractivity contribution in [1.82, 2.24) is 0 Å². The van der Waals surface area contributed by atoms with Crippen LogP contribution in [0.4, 0.5) is 0 Å². The van der Waals surface area contributed by atoms with Crippen molar-refractivity contribution in [3.63, 3.8) is 0 Å². The zero-order chi connectivity index (χ0) is 20.4. The number of benzene rings is 1. The van der Waals surface area contributed by atoms with Gasteiger partial charge in [-0.15, -0.1) is 33.8 Å². The lowest BCUT2D eigenvalue weighted by Crippen LogP contribution is -2.16. The molecular formula is C24H26S2Si2. The van der Waals surface area contributed by atoms with Crippen LogP contribution in [0.25, 0.3) is 22.3 Å². The first-order chi connectivity index (χ1) is 13.1. The third kappa shape index (κ3) is 5.59. The standard InChI is InChI=1S/C24H26S2Si2/c1-27(2,3)17-13-23-21(11-15-25-23)19-7-9-20(10-8-19)22-12-16-26-24(22)14-18-28(4,5)6/h7-12,15-16H,1-6H3. The molecule has 0 spiro atoms. The first-order valence-electron chi connectivity index (χ1n) is 9.45. The van der Waals surface area contributed by atoms with Gasteiger partial charge < -0.3 is 0 Å². The molecular weight excluding hydrogens is 409 g/mol. The molecule has 2 aromatic heterocycles. The fourth-order valence-electron chi connectivity index (χ4n) is 2.58. The molecule has 0 fully saturated rings. The van der Waals surface area contributed by atoms with E-state index in [0.717, 1.165) is 0 Å². The smallest absolute Gasteiger partial charge is 0.129 e. The molecule has 0 nitrogen and oxygen atoms in total. The van der Waals surface area contributed by atoms with Crippen LogP contribution in [0.3, 0.4) is 0 Å². The summed E-state index contributed by atoms with van der Waals surface area (Å²) in [4.78, 5) is 2.35. The predicted molar refractivity (Wildman–Crippen MR) is 134 cm³/mol. The summed E-state index contributed by atoms with van der Waals surface area (Å²) < 4.78 is 0. The highest BCUT2D eigenvalue weighted by atomic mass is 32.1. The van der Waals surface area contributed by atoms with Gasteiger partial charge >= 0.3 is 0 Å². The Kier molecular flexibility index (Phi) is 6.17. The second-order valence-electron chi connectivity index (χ2n) is 8.90. The molecule has 142 valence electrons. The van der Waals surface area contributed by atoms with Crippen molar-refractivity contribution in [2.75, 3.05) is 0 Å². The maximum Gasteiger partial charge on any atom is 0.129 e. The Balaban J connectivity index is 1.91. The Morgan fingerprint density at radius 2 is 0.929 bits per heavy atom. The molecule has 0 saturated carbocycles. The second kappa shape index (κ2) is 8.27. The Hall–Kier alpha value is -1.83. The summed E-state index contributed by atoms with van der Waals surface area (Å²) in [7, 11) is -2.75. The van der Waals surface area contributed by atoms with Crippen molar-refractivity contribution in [3.8, 4) is 45.2 Å². The summed E-state index contributed by atoms with van der Waals surface area (Å²) in [6.07, 6.45) is 0. The van der Waals surface area contributed by atoms with Crippen molar-refractivity contribution in [1.29, 1.82) is 0 Å². The molecule has 3 rings (SSSR count). The molecule has 0 amide bonds. The molecule has 0 aliphatic carbocycles. The van der Waals surface area contributed by atoms with Gasteiger partial charge in [-0.05, 0) is 34.0 Å². The molecule has 0 bridgehead atoms. The minimum absolute atomic E-state index is 1.17. The van der Waals surface area contributed by atoms with Gasteiger partial charge in [0.05, 0.1) is 9.75 Å². The maximum atomic E-state index is 3.49. The molecule has 0 radical (unpaired) electrons. The molecule has 0 aliphatic heterocycles. The zero-order valence-electron chi connectivity index (χ0n) is 17.4. The molecule has 1 aromatic carbocycles. The van der Waals surface area contributed by atoms with Gasteiger partial charge in [0.25, 0.3) is 0 Å². The first kappa shape index (κ1) is 20.9. The van der Waals surface area contributed by atoms with Crippen LogP contribution in [-0.2, 0) is 0 Å². The van der Waals surface area contributed by atoms with Crippen LogP contribution in [0.15, 0.2) is 47.2 Å².